The molecule has 2 N–H and O–H groups in total. The van der Waals surface area contributed by atoms with Gasteiger partial charge < -0.3 is 10.2 Å². The highest BCUT2D eigenvalue weighted by Gasteiger charge is 2.12. The van der Waals surface area contributed by atoms with Crippen LogP contribution in [0.15, 0.2) is 12.1 Å². The van der Waals surface area contributed by atoms with Crippen LogP contribution in [0.3, 0.4) is 0 Å². The molecular weight excluding hydrogens is 197 g/mol. The van der Waals surface area contributed by atoms with E-state index in [1.165, 1.54) is 0 Å². The average Bonchev–Trinajstić information content (AvgIpc) is 2.14. The molecule has 2 nitrogen and oxygen atoms in total. The molecule has 0 radical (unpaired) electrons. The van der Waals surface area contributed by atoms with Gasteiger partial charge >= 0.3 is 0 Å². The van der Waals surface area contributed by atoms with Gasteiger partial charge in [-0.1, -0.05) is 0 Å². The maximum Gasteiger partial charge on any atom is 0.161 e. The van der Waals surface area contributed by atoms with Gasteiger partial charge in [0.1, 0.15) is 5.82 Å². The van der Waals surface area contributed by atoms with Gasteiger partial charge in [-0.2, -0.15) is 0 Å². The summed E-state index contributed by atoms with van der Waals surface area (Å²) < 4.78 is 38.0. The van der Waals surface area contributed by atoms with Crippen molar-refractivity contribution in [3.63, 3.8) is 0 Å². The third kappa shape index (κ3) is 2.46. The lowest BCUT2D eigenvalue weighted by molar-refractivity contribution is 0.0947. The summed E-state index contributed by atoms with van der Waals surface area (Å²) in [6.07, 6.45) is -1.42. The van der Waals surface area contributed by atoms with E-state index in [0.717, 1.165) is 0 Å². The molecule has 0 bridgehead atoms. The smallest absolute Gasteiger partial charge is 0.161 e. The zero-order valence-electron chi connectivity index (χ0n) is 7.17. The van der Waals surface area contributed by atoms with Crippen LogP contribution in [0.4, 0.5) is 13.2 Å². The molecule has 14 heavy (non-hydrogen) atoms. The molecule has 1 aromatic rings. The highest BCUT2D eigenvalue weighted by Crippen LogP contribution is 2.15. The van der Waals surface area contributed by atoms with Crippen LogP contribution in [0.1, 0.15) is 5.56 Å². The summed E-state index contributed by atoms with van der Waals surface area (Å²) >= 11 is 0. The Bertz CT molecular complexity index is 328. The number of hydrogen-bond acceptors (Lipinski definition) is 2. The number of halogens is 3. The lowest BCUT2D eigenvalue weighted by Gasteiger charge is -2.08. The summed E-state index contributed by atoms with van der Waals surface area (Å²) in [7, 11) is 0. The third-order valence-electron chi connectivity index (χ3n) is 1.76. The summed E-state index contributed by atoms with van der Waals surface area (Å²) in [6, 6.07) is 1.08. The lowest BCUT2D eigenvalue weighted by Crippen LogP contribution is -2.16. The minimum Gasteiger partial charge on any atom is -0.394 e. The first kappa shape index (κ1) is 11.0. The van der Waals surface area contributed by atoms with E-state index in [9.17, 15) is 13.2 Å². The molecule has 0 heterocycles. The van der Waals surface area contributed by atoms with Gasteiger partial charge in [0.05, 0.1) is 12.7 Å². The SMILES string of the molecule is OCC(O)Cc1cc(F)c(F)cc1F. The predicted molar refractivity (Wildman–Crippen MR) is 43.1 cm³/mol. The molecule has 0 fully saturated rings. The van der Waals surface area contributed by atoms with Gasteiger partial charge in [-0.3, -0.25) is 0 Å². The van der Waals surface area contributed by atoms with Crippen LogP contribution in [-0.4, -0.2) is 22.9 Å². The van der Waals surface area contributed by atoms with E-state index in [4.69, 9.17) is 10.2 Å². The van der Waals surface area contributed by atoms with E-state index in [-0.39, 0.29) is 12.0 Å². The molecule has 0 aliphatic heterocycles. The first-order valence-electron chi connectivity index (χ1n) is 3.97. The zero-order chi connectivity index (χ0) is 10.7. The number of aliphatic hydroxyl groups is 2. The summed E-state index contributed by atoms with van der Waals surface area (Å²) in [6.45, 7) is -0.557. The Morgan fingerprint density at radius 2 is 1.64 bits per heavy atom. The molecule has 5 heteroatoms. The van der Waals surface area contributed by atoms with Crippen LogP contribution in [0.2, 0.25) is 0 Å². The van der Waals surface area contributed by atoms with Crippen molar-refractivity contribution in [1.29, 1.82) is 0 Å². The maximum absolute atomic E-state index is 12.9. The summed E-state index contributed by atoms with van der Waals surface area (Å²) in [5.74, 6) is -3.38. The Hall–Kier alpha value is -1.07. The van der Waals surface area contributed by atoms with E-state index >= 15 is 0 Å². The van der Waals surface area contributed by atoms with Crippen LogP contribution in [0.25, 0.3) is 0 Å². The van der Waals surface area contributed by atoms with Crippen molar-refractivity contribution in [3.8, 4) is 0 Å². The van der Waals surface area contributed by atoms with Crippen molar-refractivity contribution >= 4 is 0 Å². The van der Waals surface area contributed by atoms with Crippen molar-refractivity contribution in [2.24, 2.45) is 0 Å². The third-order valence-corrected chi connectivity index (χ3v) is 1.76. The molecule has 78 valence electrons. The fraction of sp³-hybridized carbons (Fsp3) is 0.333. The molecule has 1 aromatic carbocycles. The molecule has 1 unspecified atom stereocenters. The first-order chi connectivity index (χ1) is 6.54. The molecule has 0 aliphatic carbocycles. The summed E-state index contributed by atoms with van der Waals surface area (Å²) in [4.78, 5) is 0. The van der Waals surface area contributed by atoms with E-state index < -0.39 is 30.2 Å². The van der Waals surface area contributed by atoms with Gasteiger partial charge in [0, 0.05) is 12.5 Å². The van der Waals surface area contributed by atoms with Gasteiger partial charge in [-0.15, -0.1) is 0 Å². The second kappa shape index (κ2) is 4.43. The van der Waals surface area contributed by atoms with Gasteiger partial charge in [-0.05, 0) is 11.6 Å². The number of benzene rings is 1. The largest absolute Gasteiger partial charge is 0.394 e. The van der Waals surface area contributed by atoms with E-state index in [0.29, 0.717) is 12.1 Å². The number of rotatable bonds is 3. The molecule has 0 saturated heterocycles. The van der Waals surface area contributed by atoms with Crippen LogP contribution in [-0.2, 0) is 6.42 Å². The molecule has 0 aromatic heterocycles. The fourth-order valence-corrected chi connectivity index (χ4v) is 1.04. The van der Waals surface area contributed by atoms with Crippen molar-refractivity contribution in [3.05, 3.63) is 35.1 Å². The Morgan fingerprint density at radius 3 is 2.21 bits per heavy atom. The Labute approximate surface area is 78.6 Å². The molecular formula is C9H9F3O2. The average molecular weight is 206 g/mol. The van der Waals surface area contributed by atoms with Gasteiger partial charge in [-0.25, -0.2) is 13.2 Å². The van der Waals surface area contributed by atoms with Crippen LogP contribution in [0, 0.1) is 17.5 Å². The number of hydrogen-bond donors (Lipinski definition) is 2. The van der Waals surface area contributed by atoms with E-state index in [2.05, 4.69) is 0 Å². The molecule has 1 atom stereocenters. The molecule has 0 spiro atoms. The van der Waals surface area contributed by atoms with Crippen molar-refractivity contribution in [2.45, 2.75) is 12.5 Å². The van der Waals surface area contributed by atoms with Crippen molar-refractivity contribution < 1.29 is 23.4 Å². The predicted octanol–water partition coefficient (Wildman–Crippen LogP) is 1.000. The summed E-state index contributed by atoms with van der Waals surface area (Å²) in [5, 5.41) is 17.4. The fourth-order valence-electron chi connectivity index (χ4n) is 1.04. The molecule has 0 amide bonds. The summed E-state index contributed by atoms with van der Waals surface area (Å²) in [5.41, 5.74) is -0.162. The van der Waals surface area contributed by atoms with Crippen LogP contribution < -0.4 is 0 Å². The van der Waals surface area contributed by atoms with E-state index in [1.54, 1.807) is 0 Å². The van der Waals surface area contributed by atoms with Crippen molar-refractivity contribution in [1.82, 2.24) is 0 Å². The minimum atomic E-state index is -1.27. The Kier molecular flexibility index (Phi) is 3.49. The number of aliphatic hydroxyl groups excluding tert-OH is 2. The maximum atomic E-state index is 12.9. The van der Waals surface area contributed by atoms with Crippen molar-refractivity contribution in [2.75, 3.05) is 6.61 Å². The van der Waals surface area contributed by atoms with Gasteiger partial charge in [0.2, 0.25) is 0 Å². The Balaban J connectivity index is 2.92. The van der Waals surface area contributed by atoms with Gasteiger partial charge in [0.25, 0.3) is 0 Å². The highest BCUT2D eigenvalue weighted by molar-refractivity contribution is 5.20. The lowest BCUT2D eigenvalue weighted by atomic mass is 10.1. The van der Waals surface area contributed by atoms with Gasteiger partial charge in [0.15, 0.2) is 11.6 Å². The minimum absolute atomic E-state index is 0.162. The molecule has 0 saturated carbocycles. The topological polar surface area (TPSA) is 40.5 Å². The molecule has 0 aliphatic rings. The second-order valence-electron chi connectivity index (χ2n) is 2.90. The quantitative estimate of drug-likeness (QED) is 0.724. The van der Waals surface area contributed by atoms with Crippen LogP contribution in [0.5, 0.6) is 0 Å². The Morgan fingerprint density at radius 1 is 1.07 bits per heavy atom. The first-order valence-corrected chi connectivity index (χ1v) is 3.97. The van der Waals surface area contributed by atoms with E-state index in [1.807, 2.05) is 0 Å². The standard InChI is InChI=1S/C9H9F3O2/c10-7-3-9(12)8(11)2-5(7)1-6(14)4-13/h2-3,6,13-14H,1,4H2. The highest BCUT2D eigenvalue weighted by atomic mass is 19.2. The second-order valence-corrected chi connectivity index (χ2v) is 2.90. The normalized spacial score (nSPS) is 12.9. The molecule has 1 rings (SSSR count). The zero-order valence-corrected chi connectivity index (χ0v) is 7.17. The monoisotopic (exact) mass is 206 g/mol. The van der Waals surface area contributed by atoms with Crippen LogP contribution >= 0.6 is 0 Å².